The normalized spacial score (nSPS) is 14.9. The van der Waals surface area contributed by atoms with E-state index >= 15 is 0 Å². The molecule has 4 heteroatoms. The van der Waals surface area contributed by atoms with Crippen molar-refractivity contribution in [3.63, 3.8) is 0 Å². The smallest absolute Gasteiger partial charge is 0.307 e. The van der Waals surface area contributed by atoms with Crippen LogP contribution in [0.25, 0.3) is 0 Å². The Balaban J connectivity index is 4.66. The van der Waals surface area contributed by atoms with Crippen LogP contribution in [-0.4, -0.2) is 23.7 Å². The predicted molar refractivity (Wildman–Crippen MR) is 73.1 cm³/mol. The van der Waals surface area contributed by atoms with Crippen LogP contribution in [0.5, 0.6) is 0 Å². The molecule has 17 heavy (non-hydrogen) atoms. The second kappa shape index (κ2) is 6.34. The zero-order chi connectivity index (χ0) is 13.7. The minimum absolute atomic E-state index is 0.229. The molecule has 0 aromatic heterocycles. The Labute approximate surface area is 110 Å². The quantitative estimate of drug-likeness (QED) is 0.560. The number of carbonyl (C=O) groups is 1. The molecular weight excluding hydrogens is 236 g/mol. The number of rotatable bonds is 5. The Bertz CT molecular complexity index is 281. The molecule has 0 aromatic carbocycles. The summed E-state index contributed by atoms with van der Waals surface area (Å²) < 4.78 is 10.4. The predicted octanol–water partition coefficient (Wildman–Crippen LogP) is 3.50. The van der Waals surface area contributed by atoms with Crippen molar-refractivity contribution in [2.75, 3.05) is 7.11 Å². The lowest BCUT2D eigenvalue weighted by Gasteiger charge is -2.29. The van der Waals surface area contributed by atoms with Crippen molar-refractivity contribution < 1.29 is 14.3 Å². The fourth-order valence-corrected chi connectivity index (χ4v) is 1.93. The summed E-state index contributed by atoms with van der Waals surface area (Å²) in [6, 6.07) is 0. The molecular formula is C13H24O3S. The van der Waals surface area contributed by atoms with Crippen LogP contribution < -0.4 is 0 Å². The van der Waals surface area contributed by atoms with Gasteiger partial charge in [-0.2, -0.15) is 0 Å². The van der Waals surface area contributed by atoms with Crippen LogP contribution >= 0.6 is 12.2 Å². The third-order valence-electron chi connectivity index (χ3n) is 2.43. The molecule has 3 nitrogen and oxygen atoms in total. The van der Waals surface area contributed by atoms with Crippen molar-refractivity contribution in [1.29, 1.82) is 0 Å². The minimum Gasteiger partial charge on any atom is -0.490 e. The fraction of sp³-hybridized carbons (Fsp3) is 0.846. The zero-order valence-electron chi connectivity index (χ0n) is 11.8. The molecule has 0 saturated carbocycles. The molecule has 0 bridgehead atoms. The van der Waals surface area contributed by atoms with E-state index < -0.39 is 11.0 Å². The first-order chi connectivity index (χ1) is 7.64. The van der Waals surface area contributed by atoms with Crippen molar-refractivity contribution in [2.45, 2.75) is 59.5 Å². The lowest BCUT2D eigenvalue weighted by Crippen LogP contribution is -2.33. The number of thiocarbonyl (C=S) groups is 1. The maximum Gasteiger partial charge on any atom is 0.307 e. The fourth-order valence-electron chi connectivity index (χ4n) is 1.76. The van der Waals surface area contributed by atoms with Gasteiger partial charge in [0.05, 0.1) is 13.5 Å². The maximum absolute atomic E-state index is 11.8. The van der Waals surface area contributed by atoms with Gasteiger partial charge in [0.15, 0.2) is 5.05 Å². The van der Waals surface area contributed by atoms with Crippen LogP contribution in [0.15, 0.2) is 0 Å². The van der Waals surface area contributed by atoms with E-state index in [2.05, 4.69) is 6.92 Å². The first-order valence-electron chi connectivity index (χ1n) is 5.95. The number of hydrogen-bond donors (Lipinski definition) is 0. The summed E-state index contributed by atoms with van der Waals surface area (Å²) in [5.74, 6) is -0.229. The van der Waals surface area contributed by atoms with Gasteiger partial charge in [-0.25, -0.2) is 0 Å². The van der Waals surface area contributed by atoms with Gasteiger partial charge >= 0.3 is 5.97 Å². The molecule has 0 heterocycles. The summed E-state index contributed by atoms with van der Waals surface area (Å²) in [7, 11) is 1.55. The van der Waals surface area contributed by atoms with Crippen molar-refractivity contribution in [3.05, 3.63) is 0 Å². The molecule has 0 aliphatic rings. The third kappa shape index (κ3) is 6.01. The van der Waals surface area contributed by atoms with E-state index in [-0.39, 0.29) is 12.4 Å². The summed E-state index contributed by atoms with van der Waals surface area (Å²) >= 11 is 5.19. The highest BCUT2D eigenvalue weighted by molar-refractivity contribution is 7.80. The molecule has 0 amide bonds. The van der Waals surface area contributed by atoms with Crippen LogP contribution in [0, 0.1) is 5.41 Å². The van der Waals surface area contributed by atoms with Gasteiger partial charge in [-0.05, 0) is 39.4 Å². The Morgan fingerprint density at radius 1 is 1.24 bits per heavy atom. The largest absolute Gasteiger partial charge is 0.490 e. The average Bonchev–Trinajstić information content (AvgIpc) is 2.13. The van der Waals surface area contributed by atoms with Crippen LogP contribution in [0.3, 0.4) is 0 Å². The van der Waals surface area contributed by atoms with E-state index in [0.717, 1.165) is 12.8 Å². The Morgan fingerprint density at radius 2 is 1.76 bits per heavy atom. The molecule has 0 aliphatic heterocycles. The average molecular weight is 260 g/mol. The summed E-state index contributed by atoms with van der Waals surface area (Å²) in [5.41, 5.74) is -0.875. The van der Waals surface area contributed by atoms with Gasteiger partial charge in [-0.1, -0.05) is 20.3 Å². The van der Waals surface area contributed by atoms with Gasteiger partial charge < -0.3 is 9.47 Å². The topological polar surface area (TPSA) is 35.5 Å². The van der Waals surface area contributed by atoms with Crippen LogP contribution in [-0.2, 0) is 14.3 Å². The maximum atomic E-state index is 11.8. The first-order valence-corrected chi connectivity index (χ1v) is 6.35. The number of carbonyl (C=O) groups excluding carboxylic acids is 1. The number of ether oxygens (including phenoxy) is 2. The van der Waals surface area contributed by atoms with Gasteiger partial charge in [0.2, 0.25) is 0 Å². The Kier molecular flexibility index (Phi) is 6.10. The summed E-state index contributed by atoms with van der Waals surface area (Å²) in [6.07, 6.45) is 2.03. The SMILES string of the molecule is CCCC(C)(CC(=O)OC(C)(C)C)C(=S)OC. The number of hydrogen-bond acceptors (Lipinski definition) is 4. The van der Waals surface area contributed by atoms with Gasteiger partial charge in [0, 0.05) is 5.41 Å². The molecule has 0 radical (unpaired) electrons. The minimum atomic E-state index is -0.459. The van der Waals surface area contributed by atoms with Crippen LogP contribution in [0.2, 0.25) is 0 Å². The second-order valence-corrected chi connectivity index (χ2v) is 5.94. The standard InChI is InChI=1S/C13H24O3S/c1-7-8-13(5,11(17)15-6)9-10(14)16-12(2,3)4/h7-9H2,1-6H3. The highest BCUT2D eigenvalue weighted by Gasteiger charge is 2.34. The second-order valence-electron chi connectivity index (χ2n) is 5.57. The van der Waals surface area contributed by atoms with Crippen LogP contribution in [0.4, 0.5) is 0 Å². The van der Waals surface area contributed by atoms with E-state index in [1.807, 2.05) is 27.7 Å². The summed E-state index contributed by atoms with van der Waals surface area (Å²) in [5, 5.41) is 0.477. The highest BCUT2D eigenvalue weighted by atomic mass is 32.1. The highest BCUT2D eigenvalue weighted by Crippen LogP contribution is 2.31. The van der Waals surface area contributed by atoms with Crippen molar-refractivity contribution in [2.24, 2.45) is 5.41 Å². The first kappa shape index (κ1) is 16.4. The van der Waals surface area contributed by atoms with Crippen molar-refractivity contribution >= 4 is 23.2 Å². The summed E-state index contributed by atoms with van der Waals surface area (Å²) in [6.45, 7) is 9.59. The molecule has 0 saturated heterocycles. The Hall–Kier alpha value is -0.640. The molecule has 0 rings (SSSR count). The number of esters is 1. The van der Waals surface area contributed by atoms with Gasteiger partial charge in [-0.3, -0.25) is 4.79 Å². The third-order valence-corrected chi connectivity index (χ3v) is 3.09. The lowest BCUT2D eigenvalue weighted by atomic mass is 9.83. The zero-order valence-corrected chi connectivity index (χ0v) is 12.6. The van der Waals surface area contributed by atoms with Crippen LogP contribution in [0.1, 0.15) is 53.9 Å². The molecule has 0 aliphatic carbocycles. The van der Waals surface area contributed by atoms with E-state index in [9.17, 15) is 4.79 Å². The summed E-state index contributed by atoms with van der Waals surface area (Å²) in [4.78, 5) is 11.8. The van der Waals surface area contributed by atoms with Gasteiger partial charge in [-0.15, -0.1) is 0 Å². The van der Waals surface area contributed by atoms with E-state index in [1.165, 1.54) is 0 Å². The van der Waals surface area contributed by atoms with E-state index in [1.54, 1.807) is 7.11 Å². The van der Waals surface area contributed by atoms with Gasteiger partial charge in [0.1, 0.15) is 5.60 Å². The lowest BCUT2D eigenvalue weighted by molar-refractivity contribution is -0.156. The van der Waals surface area contributed by atoms with Crippen molar-refractivity contribution in [3.8, 4) is 0 Å². The monoisotopic (exact) mass is 260 g/mol. The van der Waals surface area contributed by atoms with Crippen molar-refractivity contribution in [1.82, 2.24) is 0 Å². The van der Waals surface area contributed by atoms with E-state index in [0.29, 0.717) is 5.05 Å². The van der Waals surface area contributed by atoms with E-state index in [4.69, 9.17) is 21.7 Å². The molecule has 1 atom stereocenters. The molecule has 0 aromatic rings. The number of methoxy groups -OCH3 is 1. The molecule has 0 N–H and O–H groups in total. The Morgan fingerprint density at radius 3 is 2.12 bits per heavy atom. The molecule has 0 fully saturated rings. The molecule has 100 valence electrons. The molecule has 0 spiro atoms. The van der Waals surface area contributed by atoms with Gasteiger partial charge in [0.25, 0.3) is 0 Å². The molecule has 1 unspecified atom stereocenters.